The zero-order valence-electron chi connectivity index (χ0n) is 15.0. The van der Waals surface area contributed by atoms with E-state index in [-0.39, 0.29) is 6.04 Å². The molecule has 6 heteroatoms. The number of aromatic nitrogens is 2. The third kappa shape index (κ3) is 3.28. The van der Waals surface area contributed by atoms with Gasteiger partial charge in [-0.1, -0.05) is 19.8 Å². The predicted octanol–water partition coefficient (Wildman–Crippen LogP) is 4.46. The van der Waals surface area contributed by atoms with Crippen LogP contribution in [0.15, 0.2) is 11.6 Å². The molecule has 2 aromatic rings. The largest absolute Gasteiger partial charge is 0.355 e. The molecule has 1 aliphatic heterocycles. The molecule has 2 aliphatic rings. The van der Waals surface area contributed by atoms with Gasteiger partial charge in [-0.05, 0) is 38.0 Å². The van der Waals surface area contributed by atoms with Gasteiger partial charge in [-0.25, -0.2) is 4.98 Å². The highest BCUT2D eigenvalue weighted by Crippen LogP contribution is 2.38. The molecule has 1 amide bonds. The van der Waals surface area contributed by atoms with E-state index in [4.69, 9.17) is 4.98 Å². The van der Waals surface area contributed by atoms with E-state index in [9.17, 15) is 4.79 Å². The fourth-order valence-corrected chi connectivity index (χ4v) is 5.23. The number of fused-ring (bicyclic) bond motifs is 1. The fourth-order valence-electron chi connectivity index (χ4n) is 4.35. The van der Waals surface area contributed by atoms with Gasteiger partial charge in [-0.2, -0.15) is 0 Å². The van der Waals surface area contributed by atoms with Crippen molar-refractivity contribution in [3.05, 3.63) is 17.3 Å². The highest BCUT2D eigenvalue weighted by Gasteiger charge is 2.34. The molecule has 1 N–H and O–H groups in total. The molecule has 1 aliphatic carbocycles. The van der Waals surface area contributed by atoms with Crippen molar-refractivity contribution in [2.45, 2.75) is 64.3 Å². The maximum Gasteiger partial charge on any atom is 0.223 e. The number of nitrogens with one attached hydrogen (secondary N) is 1. The van der Waals surface area contributed by atoms with Gasteiger partial charge in [-0.15, -0.1) is 11.3 Å². The Morgan fingerprint density at radius 1 is 1.32 bits per heavy atom. The molecule has 0 aromatic carbocycles. The second-order valence-corrected chi connectivity index (χ2v) is 8.32. The van der Waals surface area contributed by atoms with Crippen LogP contribution < -0.4 is 5.32 Å². The number of thiazole rings is 1. The summed E-state index contributed by atoms with van der Waals surface area (Å²) in [5.41, 5.74) is 1.09. The Morgan fingerprint density at radius 2 is 2.16 bits per heavy atom. The van der Waals surface area contributed by atoms with Gasteiger partial charge in [0.2, 0.25) is 11.9 Å². The van der Waals surface area contributed by atoms with Crippen molar-refractivity contribution in [3.8, 4) is 0 Å². The lowest BCUT2D eigenvalue weighted by molar-refractivity contribution is -0.133. The van der Waals surface area contributed by atoms with Crippen LogP contribution in [0.2, 0.25) is 0 Å². The topological polar surface area (TPSA) is 49.6 Å². The van der Waals surface area contributed by atoms with Gasteiger partial charge in [0.1, 0.15) is 10.5 Å². The van der Waals surface area contributed by atoms with E-state index in [1.54, 1.807) is 11.3 Å². The number of carbonyl (C=O) groups is 1. The Labute approximate surface area is 153 Å². The summed E-state index contributed by atoms with van der Waals surface area (Å²) in [6.45, 7) is 3.97. The van der Waals surface area contributed by atoms with Gasteiger partial charge in [0.15, 0.2) is 0 Å². The van der Waals surface area contributed by atoms with Gasteiger partial charge in [0.25, 0.3) is 0 Å². The average molecular weight is 361 g/mol. The highest BCUT2D eigenvalue weighted by molar-refractivity contribution is 7.15. The maximum atomic E-state index is 12.9. The van der Waals surface area contributed by atoms with Crippen molar-refractivity contribution in [3.63, 3.8) is 0 Å². The first-order valence-corrected chi connectivity index (χ1v) is 10.6. The second-order valence-electron chi connectivity index (χ2n) is 7.43. The molecule has 5 nitrogen and oxygen atoms in total. The van der Waals surface area contributed by atoms with E-state index in [0.29, 0.717) is 11.8 Å². The Hall–Kier alpha value is -1.56. The minimum absolute atomic E-state index is 0.153. The Kier molecular flexibility index (Phi) is 4.97. The number of nitrogens with zero attached hydrogens (tertiary/aromatic N) is 3. The first-order chi connectivity index (χ1) is 12.3. The molecule has 136 valence electrons. The normalized spacial score (nSPS) is 21.5. The Bertz CT molecular complexity index is 731. The quantitative estimate of drug-likeness (QED) is 0.827. The van der Waals surface area contributed by atoms with E-state index in [2.05, 4.69) is 33.1 Å². The van der Waals surface area contributed by atoms with Crippen LogP contribution in [0, 0.1) is 5.92 Å². The molecule has 1 saturated carbocycles. The summed E-state index contributed by atoms with van der Waals surface area (Å²) in [5, 5.41) is 5.53. The van der Waals surface area contributed by atoms with Crippen LogP contribution in [0.1, 0.15) is 70.0 Å². The van der Waals surface area contributed by atoms with Crippen molar-refractivity contribution < 1.29 is 4.79 Å². The van der Waals surface area contributed by atoms with Crippen molar-refractivity contribution in [1.82, 2.24) is 14.3 Å². The molecule has 1 unspecified atom stereocenters. The van der Waals surface area contributed by atoms with E-state index in [1.165, 1.54) is 30.5 Å². The van der Waals surface area contributed by atoms with Crippen molar-refractivity contribution >= 4 is 28.0 Å². The van der Waals surface area contributed by atoms with E-state index < -0.39 is 0 Å². The van der Waals surface area contributed by atoms with Gasteiger partial charge in [0, 0.05) is 31.1 Å². The van der Waals surface area contributed by atoms with Crippen LogP contribution in [0.4, 0.5) is 5.95 Å². The first kappa shape index (κ1) is 16.9. The summed E-state index contributed by atoms with van der Waals surface area (Å²) in [5.74, 6) is 1.87. The van der Waals surface area contributed by atoms with E-state index >= 15 is 0 Å². The molecule has 4 rings (SSSR count). The van der Waals surface area contributed by atoms with Crippen molar-refractivity contribution in [2.75, 3.05) is 18.4 Å². The van der Waals surface area contributed by atoms with Crippen LogP contribution >= 0.6 is 11.3 Å². The molecule has 0 spiro atoms. The molecule has 1 atom stereocenters. The summed E-state index contributed by atoms with van der Waals surface area (Å²) in [6.07, 6.45) is 11.1. The zero-order chi connectivity index (χ0) is 17.2. The number of rotatable bonds is 6. The van der Waals surface area contributed by atoms with Crippen LogP contribution in [-0.2, 0) is 4.79 Å². The van der Waals surface area contributed by atoms with Gasteiger partial charge >= 0.3 is 0 Å². The monoisotopic (exact) mass is 360 g/mol. The smallest absolute Gasteiger partial charge is 0.223 e. The van der Waals surface area contributed by atoms with E-state index in [1.807, 2.05) is 0 Å². The fraction of sp³-hybridized carbons (Fsp3) is 0.684. The predicted molar refractivity (Wildman–Crippen MR) is 102 cm³/mol. The molecule has 0 radical (unpaired) electrons. The second kappa shape index (κ2) is 7.36. The summed E-state index contributed by atoms with van der Waals surface area (Å²) >= 11 is 1.72. The lowest BCUT2D eigenvalue weighted by Gasteiger charge is -2.25. The molecule has 1 saturated heterocycles. The molecular formula is C19H28N4OS. The standard InChI is InChI=1S/C19H28N4OS/c1-2-9-20-19-21-17(18-23(19)11-12-25-18)15-8-5-10-22(15)16(24)13-14-6-3-4-7-14/h11-12,14-15H,2-10,13H2,1H3,(H,20,21). The first-order valence-electron chi connectivity index (χ1n) is 9.76. The summed E-state index contributed by atoms with van der Waals surface area (Å²) < 4.78 is 2.15. The van der Waals surface area contributed by atoms with Crippen LogP contribution in [0.5, 0.6) is 0 Å². The third-order valence-electron chi connectivity index (χ3n) is 5.64. The number of hydrogen-bond donors (Lipinski definition) is 1. The van der Waals surface area contributed by atoms with Gasteiger partial charge in [-0.3, -0.25) is 9.20 Å². The lowest BCUT2D eigenvalue weighted by Crippen LogP contribution is -2.31. The lowest BCUT2D eigenvalue weighted by atomic mass is 10.0. The van der Waals surface area contributed by atoms with Crippen LogP contribution in [0.3, 0.4) is 0 Å². The molecule has 3 heterocycles. The maximum absolute atomic E-state index is 12.9. The zero-order valence-corrected chi connectivity index (χ0v) is 15.9. The number of likely N-dealkylation sites (tertiary alicyclic amines) is 1. The third-order valence-corrected chi connectivity index (χ3v) is 6.53. The summed E-state index contributed by atoms with van der Waals surface area (Å²) in [7, 11) is 0. The number of carbonyl (C=O) groups excluding carboxylic acids is 1. The average Bonchev–Trinajstić information content (AvgIpc) is 3.36. The number of hydrogen-bond acceptors (Lipinski definition) is 4. The van der Waals surface area contributed by atoms with Gasteiger partial charge in [0.05, 0.1) is 6.04 Å². The van der Waals surface area contributed by atoms with Crippen LogP contribution in [0.25, 0.3) is 4.83 Å². The minimum atomic E-state index is 0.153. The minimum Gasteiger partial charge on any atom is -0.355 e. The van der Waals surface area contributed by atoms with Crippen molar-refractivity contribution in [1.29, 1.82) is 0 Å². The Balaban J connectivity index is 1.56. The summed E-state index contributed by atoms with van der Waals surface area (Å²) in [6, 6.07) is 0.153. The molecular weight excluding hydrogens is 332 g/mol. The van der Waals surface area contributed by atoms with E-state index in [0.717, 1.165) is 50.4 Å². The molecule has 2 fully saturated rings. The van der Waals surface area contributed by atoms with Crippen LogP contribution in [-0.4, -0.2) is 33.3 Å². The number of imidazole rings is 1. The SMILES string of the molecule is CCCNc1nc(C2CCCN2C(=O)CC2CCCC2)c2sccn12. The van der Waals surface area contributed by atoms with Crippen molar-refractivity contribution in [2.24, 2.45) is 5.92 Å². The molecule has 25 heavy (non-hydrogen) atoms. The number of amides is 1. The summed E-state index contributed by atoms with van der Waals surface area (Å²) in [4.78, 5) is 21.1. The highest BCUT2D eigenvalue weighted by atomic mass is 32.1. The van der Waals surface area contributed by atoms with Gasteiger partial charge < -0.3 is 10.2 Å². The number of anilines is 1. The molecule has 2 aromatic heterocycles. The molecule has 0 bridgehead atoms. The Morgan fingerprint density at radius 3 is 2.96 bits per heavy atom.